The van der Waals surface area contributed by atoms with Gasteiger partial charge in [0.15, 0.2) is 0 Å². The average Bonchev–Trinajstić information content (AvgIpc) is 3.07. The molecule has 0 radical (unpaired) electrons. The molecule has 0 N–H and O–H groups in total. The summed E-state index contributed by atoms with van der Waals surface area (Å²) >= 11 is 0. The van der Waals surface area contributed by atoms with Gasteiger partial charge in [0.25, 0.3) is 0 Å². The van der Waals surface area contributed by atoms with E-state index >= 15 is 0 Å². The highest BCUT2D eigenvalue weighted by Crippen LogP contribution is 2.27. The number of allylic oxidation sites excluding steroid dienone is 2. The first-order chi connectivity index (χ1) is 14.1. The van der Waals surface area contributed by atoms with Gasteiger partial charge in [-0.05, 0) is 38.2 Å². The van der Waals surface area contributed by atoms with Crippen molar-refractivity contribution in [1.82, 2.24) is 9.80 Å². The Labute approximate surface area is 177 Å². The van der Waals surface area contributed by atoms with Gasteiger partial charge in [-0.15, -0.1) is 0 Å². The second-order valence-corrected chi connectivity index (χ2v) is 8.44. The molecule has 30 heavy (non-hydrogen) atoms. The normalized spacial score (nSPS) is 24.3. The smallest absolute Gasteiger partial charge is 0.376 e. The van der Waals surface area contributed by atoms with Gasteiger partial charge in [-0.3, -0.25) is 4.79 Å². The third kappa shape index (κ3) is 7.61. The highest BCUT2D eigenvalue weighted by atomic mass is 19.4. The van der Waals surface area contributed by atoms with Crippen molar-refractivity contribution in [3.63, 3.8) is 0 Å². The monoisotopic (exact) mass is 432 g/mol. The Morgan fingerprint density at radius 3 is 2.63 bits per heavy atom. The topological polar surface area (TPSA) is 42.0 Å². The number of rotatable bonds is 10. The van der Waals surface area contributed by atoms with Gasteiger partial charge >= 0.3 is 6.18 Å². The van der Waals surface area contributed by atoms with E-state index in [1.165, 1.54) is 0 Å². The lowest BCUT2D eigenvalue weighted by molar-refractivity contribution is -0.180. The summed E-state index contributed by atoms with van der Waals surface area (Å²) in [5, 5.41) is 0. The van der Waals surface area contributed by atoms with Crippen molar-refractivity contribution in [2.45, 2.75) is 71.4 Å². The van der Waals surface area contributed by atoms with Crippen LogP contribution in [0, 0.1) is 5.92 Å². The lowest BCUT2D eigenvalue weighted by Gasteiger charge is -2.38. The minimum absolute atomic E-state index is 0.0642. The van der Waals surface area contributed by atoms with Crippen molar-refractivity contribution >= 4 is 5.91 Å². The van der Waals surface area contributed by atoms with Crippen LogP contribution in [0.5, 0.6) is 0 Å². The largest absolute Gasteiger partial charge is 0.411 e. The van der Waals surface area contributed by atoms with Crippen molar-refractivity contribution in [3.05, 3.63) is 23.9 Å². The molecule has 0 aromatic rings. The predicted octanol–water partition coefficient (Wildman–Crippen LogP) is 4.15. The molecule has 2 aliphatic rings. The van der Waals surface area contributed by atoms with Crippen LogP contribution in [0.25, 0.3) is 0 Å². The molecule has 0 aliphatic carbocycles. The second-order valence-electron chi connectivity index (χ2n) is 8.44. The maximum Gasteiger partial charge on any atom is 0.411 e. The van der Waals surface area contributed by atoms with E-state index in [0.717, 1.165) is 18.5 Å². The van der Waals surface area contributed by atoms with Crippen LogP contribution in [0.2, 0.25) is 0 Å². The molecule has 2 aliphatic heterocycles. The van der Waals surface area contributed by atoms with Crippen molar-refractivity contribution in [3.8, 4) is 0 Å². The fourth-order valence-corrected chi connectivity index (χ4v) is 3.81. The minimum Gasteiger partial charge on any atom is -0.376 e. The van der Waals surface area contributed by atoms with Gasteiger partial charge in [0, 0.05) is 25.4 Å². The third-order valence-electron chi connectivity index (χ3n) is 5.51. The number of alkyl halides is 3. The number of ether oxygens (including phenoxy) is 2. The first-order valence-electron chi connectivity index (χ1n) is 10.8. The lowest BCUT2D eigenvalue weighted by atomic mass is 10.1. The molecule has 2 fully saturated rings. The van der Waals surface area contributed by atoms with Gasteiger partial charge in [-0.1, -0.05) is 32.9 Å². The number of halogens is 3. The standard InChI is InChI=1S/C22H35F3N2O3/c1-5-17(7-8-19(6-2)30-15-22(23,24)25)26-12-18-11-20(29-10-9-16(3)4)13-27(18)21(28)14-26/h5,7-8,16,18-20H,6,9-15H2,1-4H3/b8-7-,17-5+/t18-,19?,20+/m1/s1. The zero-order valence-corrected chi connectivity index (χ0v) is 18.5. The van der Waals surface area contributed by atoms with E-state index in [1.54, 1.807) is 19.1 Å². The molecule has 0 aromatic heterocycles. The maximum absolute atomic E-state index is 12.7. The quantitative estimate of drug-likeness (QED) is 0.487. The van der Waals surface area contributed by atoms with Crippen molar-refractivity contribution in [2.24, 2.45) is 5.92 Å². The summed E-state index contributed by atoms with van der Waals surface area (Å²) in [6.45, 7) is 9.00. The van der Waals surface area contributed by atoms with Crippen molar-refractivity contribution in [1.29, 1.82) is 0 Å². The number of carbonyl (C=O) groups excluding carboxylic acids is 1. The minimum atomic E-state index is -4.34. The molecule has 8 heteroatoms. The van der Waals surface area contributed by atoms with E-state index in [4.69, 9.17) is 9.47 Å². The Balaban J connectivity index is 1.93. The zero-order chi connectivity index (χ0) is 22.3. The van der Waals surface area contributed by atoms with Crippen LogP contribution in [0.1, 0.15) is 47.0 Å². The molecule has 0 spiro atoms. The fourth-order valence-electron chi connectivity index (χ4n) is 3.81. The molecule has 2 heterocycles. The predicted molar refractivity (Wildman–Crippen MR) is 110 cm³/mol. The summed E-state index contributed by atoms with van der Waals surface area (Å²) in [4.78, 5) is 16.6. The Hall–Kier alpha value is -1.54. The molecule has 1 unspecified atom stereocenters. The number of fused-ring (bicyclic) bond motifs is 1. The number of nitrogens with zero attached hydrogens (tertiary/aromatic N) is 2. The first kappa shape index (κ1) is 24.7. The lowest BCUT2D eigenvalue weighted by Crippen LogP contribution is -2.53. The number of hydrogen-bond acceptors (Lipinski definition) is 4. The van der Waals surface area contributed by atoms with E-state index in [0.29, 0.717) is 32.0 Å². The Morgan fingerprint density at radius 2 is 2.03 bits per heavy atom. The maximum atomic E-state index is 12.7. The van der Waals surface area contributed by atoms with Crippen LogP contribution in [-0.4, -0.2) is 73.0 Å². The Kier molecular flexibility index (Phi) is 9.22. The summed E-state index contributed by atoms with van der Waals surface area (Å²) in [6, 6.07) is 0.0992. The highest BCUT2D eigenvalue weighted by molar-refractivity contribution is 5.80. The van der Waals surface area contributed by atoms with Crippen LogP contribution in [0.3, 0.4) is 0 Å². The molecule has 2 saturated heterocycles. The van der Waals surface area contributed by atoms with E-state index in [-0.39, 0.29) is 24.6 Å². The average molecular weight is 433 g/mol. The molecular formula is C22H35F3N2O3. The molecule has 1 amide bonds. The van der Waals surface area contributed by atoms with Crippen molar-refractivity contribution < 1.29 is 27.4 Å². The van der Waals surface area contributed by atoms with Crippen LogP contribution in [0.15, 0.2) is 23.9 Å². The van der Waals surface area contributed by atoms with Crippen LogP contribution < -0.4 is 0 Å². The number of piperazine rings is 1. The van der Waals surface area contributed by atoms with Gasteiger partial charge in [0.05, 0.1) is 24.8 Å². The van der Waals surface area contributed by atoms with Gasteiger partial charge in [-0.2, -0.15) is 13.2 Å². The van der Waals surface area contributed by atoms with Gasteiger partial charge in [-0.25, -0.2) is 0 Å². The molecule has 2 rings (SSSR count). The van der Waals surface area contributed by atoms with Crippen molar-refractivity contribution in [2.75, 3.05) is 32.8 Å². The summed E-state index contributed by atoms with van der Waals surface area (Å²) in [7, 11) is 0. The first-order valence-corrected chi connectivity index (χ1v) is 10.8. The van der Waals surface area contributed by atoms with Gasteiger partial charge < -0.3 is 19.3 Å². The number of hydrogen-bond donors (Lipinski definition) is 0. The molecule has 0 saturated carbocycles. The molecule has 3 atom stereocenters. The Bertz CT molecular complexity index is 619. The molecule has 5 nitrogen and oxygen atoms in total. The van der Waals surface area contributed by atoms with Crippen LogP contribution in [-0.2, 0) is 14.3 Å². The fraction of sp³-hybridized carbons (Fsp3) is 0.773. The molecule has 0 bridgehead atoms. The van der Waals surface area contributed by atoms with E-state index in [1.807, 2.05) is 22.8 Å². The molecular weight excluding hydrogens is 397 g/mol. The van der Waals surface area contributed by atoms with Crippen LogP contribution in [0.4, 0.5) is 13.2 Å². The van der Waals surface area contributed by atoms with Gasteiger partial charge in [0.1, 0.15) is 6.61 Å². The highest BCUT2D eigenvalue weighted by Gasteiger charge is 2.40. The Morgan fingerprint density at radius 1 is 1.30 bits per heavy atom. The summed E-state index contributed by atoms with van der Waals surface area (Å²) in [5.41, 5.74) is 0.821. The summed E-state index contributed by atoms with van der Waals surface area (Å²) < 4.78 is 48.1. The van der Waals surface area contributed by atoms with E-state index < -0.39 is 18.9 Å². The number of carbonyl (C=O) groups is 1. The summed E-state index contributed by atoms with van der Waals surface area (Å²) in [5.74, 6) is 0.650. The van der Waals surface area contributed by atoms with E-state index in [2.05, 4.69) is 13.8 Å². The van der Waals surface area contributed by atoms with Gasteiger partial charge in [0.2, 0.25) is 5.91 Å². The second kappa shape index (κ2) is 11.2. The molecule has 0 aromatic carbocycles. The number of amides is 1. The zero-order valence-electron chi connectivity index (χ0n) is 18.5. The molecule has 172 valence electrons. The van der Waals surface area contributed by atoms with Crippen LogP contribution >= 0.6 is 0 Å². The SMILES string of the molecule is C/C=C(\C=C/C(CC)OCC(F)(F)F)N1CC(=O)N2C[C@@H](OCCC(C)C)C[C@@H]2C1. The third-order valence-corrected chi connectivity index (χ3v) is 5.51. The van der Waals surface area contributed by atoms with E-state index in [9.17, 15) is 18.0 Å². The summed E-state index contributed by atoms with van der Waals surface area (Å²) in [6.07, 6.45) is 2.64.